The molecule has 4 aromatic carbocycles. The van der Waals surface area contributed by atoms with Crippen LogP contribution in [0, 0.1) is 0 Å². The fraction of sp³-hybridized carbons (Fsp3) is 0. The molecular formula is C22H17N5O4S. The minimum absolute atomic E-state index is 0.281. The van der Waals surface area contributed by atoms with E-state index in [0.29, 0.717) is 28.1 Å². The van der Waals surface area contributed by atoms with Crippen LogP contribution >= 0.6 is 0 Å². The Morgan fingerprint density at radius 3 is 1.88 bits per heavy atom. The molecule has 32 heavy (non-hydrogen) atoms. The molecule has 0 fully saturated rings. The monoisotopic (exact) mass is 447 g/mol. The van der Waals surface area contributed by atoms with Gasteiger partial charge < -0.3 is 10.8 Å². The number of rotatable bonds is 5. The van der Waals surface area contributed by atoms with Crippen LogP contribution in [-0.4, -0.2) is 18.1 Å². The largest absolute Gasteiger partial charge is 0.505 e. The molecule has 0 radical (unpaired) electrons. The van der Waals surface area contributed by atoms with Gasteiger partial charge in [-0.2, -0.15) is 23.8 Å². The Labute approximate surface area is 183 Å². The smallest absolute Gasteiger partial charge is 0.296 e. The van der Waals surface area contributed by atoms with Gasteiger partial charge in [-0.1, -0.05) is 24.3 Å². The summed E-state index contributed by atoms with van der Waals surface area (Å²) in [6.45, 7) is 0. The third-order valence-corrected chi connectivity index (χ3v) is 5.37. The summed E-state index contributed by atoms with van der Waals surface area (Å²) in [5, 5.41) is 27.4. The maximum absolute atomic E-state index is 11.9. The van der Waals surface area contributed by atoms with Crippen molar-refractivity contribution in [2.45, 2.75) is 4.90 Å². The molecule has 4 rings (SSSR count). The first-order valence-electron chi connectivity index (χ1n) is 9.32. The zero-order valence-corrected chi connectivity index (χ0v) is 17.3. The number of phenolic OH excluding ortho intramolecular Hbond substituents is 1. The van der Waals surface area contributed by atoms with Crippen molar-refractivity contribution in [3.05, 3.63) is 78.9 Å². The first-order chi connectivity index (χ1) is 15.3. The standard InChI is InChI=1S/C22H17N5O4S/c23-15-7-6-14-12-20(32(29,30)31)21(22(28)19(14)13-15)27-26-18-10-8-17(9-11-18)25-24-16-4-2-1-3-5-16/h1-13,28H,23H2,(H,29,30,31). The molecule has 0 spiro atoms. The summed E-state index contributed by atoms with van der Waals surface area (Å²) in [4.78, 5) is -0.565. The average Bonchev–Trinajstić information content (AvgIpc) is 2.78. The lowest BCUT2D eigenvalue weighted by molar-refractivity contribution is 0.472. The number of hydrogen-bond donors (Lipinski definition) is 3. The van der Waals surface area contributed by atoms with Crippen molar-refractivity contribution in [1.82, 2.24) is 0 Å². The summed E-state index contributed by atoms with van der Waals surface area (Å²) in [5.74, 6) is -0.459. The molecule has 9 nitrogen and oxygen atoms in total. The van der Waals surface area contributed by atoms with Crippen LogP contribution in [0.5, 0.6) is 5.75 Å². The first-order valence-corrected chi connectivity index (χ1v) is 10.8. The third kappa shape index (κ3) is 4.61. The number of nitrogens with two attached hydrogens (primary N) is 1. The molecule has 0 amide bonds. The highest BCUT2D eigenvalue weighted by Gasteiger charge is 2.22. The number of aromatic hydroxyl groups is 1. The third-order valence-electron chi connectivity index (χ3n) is 4.51. The number of nitrogens with zero attached hydrogens (tertiary/aromatic N) is 4. The van der Waals surface area contributed by atoms with Crippen molar-refractivity contribution in [3.63, 3.8) is 0 Å². The molecule has 160 valence electrons. The van der Waals surface area contributed by atoms with Gasteiger partial charge in [-0.25, -0.2) is 0 Å². The van der Waals surface area contributed by atoms with Crippen molar-refractivity contribution in [2.24, 2.45) is 20.5 Å². The second-order valence-corrected chi connectivity index (χ2v) is 8.17. The van der Waals surface area contributed by atoms with Crippen LogP contribution in [0.2, 0.25) is 0 Å². The van der Waals surface area contributed by atoms with E-state index in [2.05, 4.69) is 20.5 Å². The second-order valence-electron chi connectivity index (χ2n) is 6.78. The van der Waals surface area contributed by atoms with E-state index < -0.39 is 26.5 Å². The van der Waals surface area contributed by atoms with Crippen LogP contribution in [-0.2, 0) is 10.1 Å². The summed E-state index contributed by atoms with van der Waals surface area (Å²) < 4.78 is 33.3. The predicted octanol–water partition coefficient (Wildman–Crippen LogP) is 6.21. The van der Waals surface area contributed by atoms with Crippen molar-refractivity contribution >= 4 is 49.3 Å². The van der Waals surface area contributed by atoms with Crippen molar-refractivity contribution in [2.75, 3.05) is 5.73 Å². The van der Waals surface area contributed by atoms with Crippen LogP contribution in [0.25, 0.3) is 10.8 Å². The van der Waals surface area contributed by atoms with E-state index in [1.54, 1.807) is 30.3 Å². The average molecular weight is 447 g/mol. The molecule has 0 saturated carbocycles. The molecule has 0 aliphatic carbocycles. The molecule has 0 heterocycles. The van der Waals surface area contributed by atoms with E-state index in [0.717, 1.165) is 0 Å². The van der Waals surface area contributed by atoms with Crippen molar-refractivity contribution < 1.29 is 18.1 Å². The normalized spacial score (nSPS) is 12.2. The number of benzene rings is 4. The van der Waals surface area contributed by atoms with E-state index in [1.165, 1.54) is 18.2 Å². The lowest BCUT2D eigenvalue weighted by Gasteiger charge is -2.09. The molecule has 10 heteroatoms. The SMILES string of the molecule is Nc1ccc2cc(S(=O)(=O)O)c(N=Nc3ccc(N=Nc4ccccc4)cc3)c(O)c2c1. The molecular weight excluding hydrogens is 430 g/mol. The number of anilines is 1. The summed E-state index contributed by atoms with van der Waals surface area (Å²) in [6.07, 6.45) is 0. The molecule has 0 bridgehead atoms. The van der Waals surface area contributed by atoms with E-state index in [-0.39, 0.29) is 5.39 Å². The van der Waals surface area contributed by atoms with Gasteiger partial charge >= 0.3 is 0 Å². The van der Waals surface area contributed by atoms with Gasteiger partial charge in [-0.15, -0.1) is 5.11 Å². The molecule has 0 saturated heterocycles. The topological polar surface area (TPSA) is 150 Å². The lowest BCUT2D eigenvalue weighted by Crippen LogP contribution is -1.99. The fourth-order valence-electron chi connectivity index (χ4n) is 2.96. The van der Waals surface area contributed by atoms with Crippen molar-refractivity contribution in [1.29, 1.82) is 0 Å². The van der Waals surface area contributed by atoms with Crippen LogP contribution in [0.4, 0.5) is 28.4 Å². The van der Waals surface area contributed by atoms with Gasteiger partial charge in [0, 0.05) is 11.1 Å². The summed E-state index contributed by atoms with van der Waals surface area (Å²) >= 11 is 0. The molecule has 0 aliphatic heterocycles. The zero-order chi connectivity index (χ0) is 22.7. The Hall–Kier alpha value is -4.15. The molecule has 0 aromatic heterocycles. The highest BCUT2D eigenvalue weighted by atomic mass is 32.2. The van der Waals surface area contributed by atoms with Crippen molar-refractivity contribution in [3.8, 4) is 5.75 Å². The van der Waals surface area contributed by atoms with Gasteiger partial charge in [0.1, 0.15) is 10.6 Å². The molecule has 0 atom stereocenters. The van der Waals surface area contributed by atoms with Gasteiger partial charge in [0.05, 0.1) is 17.1 Å². The minimum atomic E-state index is -4.67. The van der Waals surface area contributed by atoms with Crippen LogP contribution < -0.4 is 5.73 Å². The molecule has 0 aliphatic rings. The van der Waals surface area contributed by atoms with E-state index in [4.69, 9.17) is 5.73 Å². The van der Waals surface area contributed by atoms with Crippen LogP contribution in [0.3, 0.4) is 0 Å². The zero-order valence-electron chi connectivity index (χ0n) is 16.5. The summed E-state index contributed by atoms with van der Waals surface area (Å²) in [7, 11) is -4.67. The maximum atomic E-state index is 11.9. The maximum Gasteiger partial charge on any atom is 0.296 e. The van der Waals surface area contributed by atoms with Gasteiger partial charge in [0.15, 0.2) is 5.75 Å². The first kappa shape index (κ1) is 21.1. The van der Waals surface area contributed by atoms with E-state index in [9.17, 15) is 18.1 Å². The Kier molecular flexibility index (Phi) is 5.63. The highest BCUT2D eigenvalue weighted by Crippen LogP contribution is 2.42. The number of hydrogen-bond acceptors (Lipinski definition) is 8. The minimum Gasteiger partial charge on any atom is -0.505 e. The lowest BCUT2D eigenvalue weighted by atomic mass is 10.1. The quantitative estimate of drug-likeness (QED) is 0.189. The van der Waals surface area contributed by atoms with Gasteiger partial charge in [-0.3, -0.25) is 4.55 Å². The number of fused-ring (bicyclic) bond motifs is 1. The Morgan fingerprint density at radius 2 is 1.28 bits per heavy atom. The number of nitrogen functional groups attached to an aromatic ring is 1. The Morgan fingerprint density at radius 1 is 0.719 bits per heavy atom. The Balaban J connectivity index is 1.67. The Bertz CT molecular complexity index is 1450. The fourth-order valence-corrected chi connectivity index (χ4v) is 3.61. The highest BCUT2D eigenvalue weighted by molar-refractivity contribution is 7.86. The van der Waals surface area contributed by atoms with E-state index >= 15 is 0 Å². The number of phenols is 1. The van der Waals surface area contributed by atoms with Gasteiger partial charge in [0.25, 0.3) is 10.1 Å². The molecule has 4 N–H and O–H groups in total. The predicted molar refractivity (Wildman–Crippen MR) is 121 cm³/mol. The van der Waals surface area contributed by atoms with Crippen LogP contribution in [0.1, 0.15) is 0 Å². The van der Waals surface area contributed by atoms with Gasteiger partial charge in [0.2, 0.25) is 0 Å². The molecule has 4 aromatic rings. The second kappa shape index (κ2) is 8.53. The summed E-state index contributed by atoms with van der Waals surface area (Å²) in [5.41, 5.74) is 7.40. The van der Waals surface area contributed by atoms with Crippen LogP contribution in [0.15, 0.2) is 104 Å². The van der Waals surface area contributed by atoms with Gasteiger partial charge in [-0.05, 0) is 60.0 Å². The number of azo groups is 2. The molecule has 0 unspecified atom stereocenters. The van der Waals surface area contributed by atoms with E-state index in [1.807, 2.05) is 30.3 Å². The summed E-state index contributed by atoms with van der Waals surface area (Å²) in [6, 6.07) is 21.5.